The van der Waals surface area contributed by atoms with Crippen molar-refractivity contribution in [3.63, 3.8) is 0 Å². The van der Waals surface area contributed by atoms with E-state index >= 15 is 0 Å². The first-order chi connectivity index (χ1) is 6.83. The Hall–Kier alpha value is -1.09. The van der Waals surface area contributed by atoms with Crippen molar-refractivity contribution < 1.29 is 14.6 Å². The molecule has 0 aromatic rings. The lowest BCUT2D eigenvalue weighted by atomic mass is 10.00. The average molecular weight is 212 g/mol. The van der Waals surface area contributed by atoms with Gasteiger partial charge in [0.1, 0.15) is 0 Å². The Labute approximate surface area is 91.4 Å². The predicted octanol–water partition coefficient (Wildman–Crippen LogP) is 2.56. The van der Waals surface area contributed by atoms with Crippen molar-refractivity contribution in [3.8, 4) is 0 Å². The summed E-state index contributed by atoms with van der Waals surface area (Å²) in [5.41, 5.74) is 0.302. The second-order valence-corrected chi connectivity index (χ2v) is 4.09. The summed E-state index contributed by atoms with van der Waals surface area (Å²) in [7, 11) is 0. The topological polar surface area (TPSA) is 46.5 Å². The van der Waals surface area contributed by atoms with E-state index in [4.69, 9.17) is 0 Å². The third kappa shape index (κ3) is 9.22. The van der Waals surface area contributed by atoms with Crippen LogP contribution in [0.4, 0.5) is 0 Å². The van der Waals surface area contributed by atoms with Gasteiger partial charge in [-0.1, -0.05) is 11.6 Å². The molecular weight excluding hydrogens is 192 g/mol. The smallest absolute Gasteiger partial charge is 0.307 e. The van der Waals surface area contributed by atoms with Crippen LogP contribution >= 0.6 is 0 Å². The Morgan fingerprint density at radius 3 is 2.47 bits per heavy atom. The lowest BCUT2D eigenvalue weighted by Gasteiger charge is -2.17. The van der Waals surface area contributed by atoms with Crippen molar-refractivity contribution in [1.82, 2.24) is 0 Å². The fraction of sp³-hybridized carbons (Fsp3) is 0.583. The van der Waals surface area contributed by atoms with Crippen LogP contribution in [0.15, 0.2) is 24.0 Å². The number of aliphatic hydroxyl groups is 1. The number of esters is 1. The maximum Gasteiger partial charge on any atom is 0.307 e. The highest BCUT2D eigenvalue weighted by Crippen LogP contribution is 2.14. The Bertz CT molecular complexity index is 258. The summed E-state index contributed by atoms with van der Waals surface area (Å²) in [5.74, 6) is -0.383. The monoisotopic (exact) mass is 212 g/mol. The maximum atomic E-state index is 10.5. The number of carbonyl (C=O) groups is 1. The molecule has 0 fully saturated rings. The van der Waals surface area contributed by atoms with E-state index in [1.807, 2.05) is 13.8 Å². The average Bonchev–Trinajstić information content (AvgIpc) is 2.01. The highest BCUT2D eigenvalue weighted by molar-refractivity contribution is 5.66. The first-order valence-corrected chi connectivity index (χ1v) is 5.04. The van der Waals surface area contributed by atoms with Gasteiger partial charge in [-0.25, -0.2) is 0 Å². The SMILES string of the molecule is CC(=O)OC=CC(C)(O)CCC=C(C)C. The van der Waals surface area contributed by atoms with E-state index in [9.17, 15) is 9.90 Å². The van der Waals surface area contributed by atoms with E-state index in [0.717, 1.165) is 6.42 Å². The number of hydrogen-bond acceptors (Lipinski definition) is 3. The lowest BCUT2D eigenvalue weighted by Crippen LogP contribution is -2.20. The Morgan fingerprint density at radius 2 is 2.00 bits per heavy atom. The summed E-state index contributed by atoms with van der Waals surface area (Å²) in [5, 5.41) is 9.83. The Morgan fingerprint density at radius 1 is 1.40 bits per heavy atom. The largest absolute Gasteiger partial charge is 0.435 e. The van der Waals surface area contributed by atoms with E-state index in [0.29, 0.717) is 6.42 Å². The summed E-state index contributed by atoms with van der Waals surface area (Å²) in [6, 6.07) is 0. The Balaban J connectivity index is 4.01. The summed E-state index contributed by atoms with van der Waals surface area (Å²) in [4.78, 5) is 10.5. The molecule has 3 nitrogen and oxygen atoms in total. The summed E-state index contributed by atoms with van der Waals surface area (Å²) in [6.45, 7) is 7.04. The summed E-state index contributed by atoms with van der Waals surface area (Å²) < 4.78 is 4.61. The lowest BCUT2D eigenvalue weighted by molar-refractivity contribution is -0.135. The molecule has 0 amide bonds. The molecule has 0 saturated carbocycles. The van der Waals surface area contributed by atoms with E-state index in [1.165, 1.54) is 24.8 Å². The van der Waals surface area contributed by atoms with Crippen LogP contribution in [0.5, 0.6) is 0 Å². The van der Waals surface area contributed by atoms with Gasteiger partial charge in [0.15, 0.2) is 0 Å². The first kappa shape index (κ1) is 13.9. The second-order valence-electron chi connectivity index (χ2n) is 4.09. The van der Waals surface area contributed by atoms with Crippen molar-refractivity contribution in [2.75, 3.05) is 0 Å². The molecule has 0 aliphatic heterocycles. The van der Waals surface area contributed by atoms with Crippen LogP contribution in [0.25, 0.3) is 0 Å². The van der Waals surface area contributed by atoms with Crippen LogP contribution in [0.2, 0.25) is 0 Å². The van der Waals surface area contributed by atoms with Crippen LogP contribution in [0, 0.1) is 0 Å². The quantitative estimate of drug-likeness (QED) is 0.433. The zero-order valence-corrected chi connectivity index (χ0v) is 9.91. The highest BCUT2D eigenvalue weighted by atomic mass is 16.5. The van der Waals surface area contributed by atoms with Crippen LogP contribution in [0.1, 0.15) is 40.5 Å². The molecule has 0 heterocycles. The van der Waals surface area contributed by atoms with Gasteiger partial charge >= 0.3 is 5.97 Å². The fourth-order valence-electron chi connectivity index (χ4n) is 1.01. The van der Waals surface area contributed by atoms with Gasteiger partial charge in [0.25, 0.3) is 0 Å². The zero-order chi connectivity index (χ0) is 11.9. The predicted molar refractivity (Wildman–Crippen MR) is 60.2 cm³/mol. The summed E-state index contributed by atoms with van der Waals surface area (Å²) >= 11 is 0. The second kappa shape index (κ2) is 6.40. The van der Waals surface area contributed by atoms with Gasteiger partial charge in [0.2, 0.25) is 0 Å². The van der Waals surface area contributed by atoms with Crippen LogP contribution in [-0.4, -0.2) is 16.7 Å². The Kier molecular flexibility index (Phi) is 5.94. The van der Waals surface area contributed by atoms with E-state index in [2.05, 4.69) is 10.8 Å². The zero-order valence-electron chi connectivity index (χ0n) is 9.91. The van der Waals surface area contributed by atoms with Crippen LogP contribution in [-0.2, 0) is 9.53 Å². The molecule has 1 N–H and O–H groups in total. The first-order valence-electron chi connectivity index (χ1n) is 5.04. The number of allylic oxidation sites excluding steroid dienone is 2. The van der Waals surface area contributed by atoms with Gasteiger partial charge in [0.05, 0.1) is 11.9 Å². The molecule has 1 atom stereocenters. The number of carbonyl (C=O) groups excluding carboxylic acids is 1. The van der Waals surface area contributed by atoms with E-state index in [1.54, 1.807) is 6.92 Å². The van der Waals surface area contributed by atoms with Crippen molar-refractivity contribution in [2.45, 2.75) is 46.1 Å². The molecular formula is C12H20O3. The van der Waals surface area contributed by atoms with E-state index < -0.39 is 5.60 Å². The molecule has 1 unspecified atom stereocenters. The van der Waals surface area contributed by atoms with Crippen molar-refractivity contribution in [3.05, 3.63) is 24.0 Å². The molecule has 0 aromatic carbocycles. The maximum absolute atomic E-state index is 10.5. The normalized spacial score (nSPS) is 14.7. The molecule has 86 valence electrons. The molecule has 0 aliphatic rings. The molecule has 0 saturated heterocycles. The fourth-order valence-corrected chi connectivity index (χ4v) is 1.01. The minimum absolute atomic E-state index is 0.383. The molecule has 0 spiro atoms. The van der Waals surface area contributed by atoms with Gasteiger partial charge in [-0.3, -0.25) is 4.79 Å². The molecule has 0 aliphatic carbocycles. The van der Waals surface area contributed by atoms with Gasteiger partial charge in [-0.05, 0) is 39.7 Å². The van der Waals surface area contributed by atoms with Crippen molar-refractivity contribution in [2.24, 2.45) is 0 Å². The molecule has 0 rings (SSSR count). The van der Waals surface area contributed by atoms with Gasteiger partial charge < -0.3 is 9.84 Å². The van der Waals surface area contributed by atoms with Gasteiger partial charge in [-0.15, -0.1) is 0 Å². The number of ether oxygens (including phenoxy) is 1. The molecule has 0 aromatic heterocycles. The summed E-state index contributed by atoms with van der Waals surface area (Å²) in [6.07, 6.45) is 6.21. The third-order valence-electron chi connectivity index (χ3n) is 1.86. The van der Waals surface area contributed by atoms with Gasteiger partial charge in [-0.2, -0.15) is 0 Å². The molecule has 15 heavy (non-hydrogen) atoms. The van der Waals surface area contributed by atoms with Crippen LogP contribution in [0.3, 0.4) is 0 Å². The number of hydrogen-bond donors (Lipinski definition) is 1. The van der Waals surface area contributed by atoms with Gasteiger partial charge in [0, 0.05) is 6.92 Å². The van der Waals surface area contributed by atoms with Crippen LogP contribution < -0.4 is 0 Å². The highest BCUT2D eigenvalue weighted by Gasteiger charge is 2.14. The minimum Gasteiger partial charge on any atom is -0.435 e. The molecule has 3 heteroatoms. The third-order valence-corrected chi connectivity index (χ3v) is 1.86. The van der Waals surface area contributed by atoms with E-state index in [-0.39, 0.29) is 5.97 Å². The minimum atomic E-state index is -0.929. The number of rotatable bonds is 5. The standard InChI is InChI=1S/C12H20O3/c1-10(2)6-5-7-12(4,14)8-9-15-11(3)13/h6,8-9,14H,5,7H2,1-4H3. The molecule has 0 radical (unpaired) electrons. The van der Waals surface area contributed by atoms with Crippen molar-refractivity contribution >= 4 is 5.97 Å². The molecule has 0 bridgehead atoms. The van der Waals surface area contributed by atoms with Crippen molar-refractivity contribution in [1.29, 1.82) is 0 Å².